The molecular formula is C52H38N4O. The largest absolute Gasteiger partial charge is 0.456 e. The van der Waals surface area contributed by atoms with E-state index in [-0.39, 0.29) is 0 Å². The Kier molecular flexibility index (Phi) is 7.11. The highest BCUT2D eigenvalue weighted by atomic mass is 16.3. The highest BCUT2D eigenvalue weighted by molar-refractivity contribution is 6.20. The van der Waals surface area contributed by atoms with Gasteiger partial charge in [-0.05, 0) is 130 Å². The number of nitrogens with zero attached hydrogens (tertiary/aromatic N) is 4. The fraction of sp³-hybridized carbons (Fsp3) is 0.192. The summed E-state index contributed by atoms with van der Waals surface area (Å²) >= 11 is 0. The SMILES string of the molecule is N#Cc1ccc(-c2c3ccccc3c(-c3nc(-c4ccc(C56CC7CC(CC(C7)C5)C6)cc4)nc(-c4ccc5c(c4)oc4ccccc45)n3)c3ccccc23)cc1. The maximum absolute atomic E-state index is 9.54. The van der Waals surface area contributed by atoms with Gasteiger partial charge in [0.15, 0.2) is 17.5 Å². The number of hydrogen-bond donors (Lipinski definition) is 0. The quantitative estimate of drug-likeness (QED) is 0.165. The van der Waals surface area contributed by atoms with Gasteiger partial charge in [-0.25, -0.2) is 15.0 Å². The van der Waals surface area contributed by atoms with Crippen molar-refractivity contribution in [3.05, 3.63) is 151 Å². The molecule has 0 atom stereocenters. The molecule has 13 rings (SSSR count). The predicted molar refractivity (Wildman–Crippen MR) is 228 cm³/mol. The molecule has 5 heteroatoms. The summed E-state index contributed by atoms with van der Waals surface area (Å²) < 4.78 is 6.35. The predicted octanol–water partition coefficient (Wildman–Crippen LogP) is 13.1. The standard InChI is InChI=1S/C52H38N4O/c53-30-31-13-15-35(16-14-31)47-41-8-1-3-10-43(41)48(44-11-4-2-9-42(44)47)51-55-49(36-17-20-38(21-18-36)52-27-32-23-33(28-52)25-34(24-32)29-52)54-50(56-51)37-19-22-40-39-7-5-6-12-45(39)57-46(40)26-37/h1-22,26,32-34H,23-25,27-29H2. The van der Waals surface area contributed by atoms with Crippen LogP contribution in [-0.2, 0) is 5.41 Å². The Labute approximate surface area is 330 Å². The Morgan fingerprint density at radius 2 is 0.965 bits per heavy atom. The second-order valence-electron chi connectivity index (χ2n) is 16.9. The molecule has 5 nitrogen and oxygen atoms in total. The van der Waals surface area contributed by atoms with E-state index in [0.717, 1.165) is 89.1 Å². The number of aromatic nitrogens is 3. The van der Waals surface area contributed by atoms with Crippen LogP contribution in [0.15, 0.2) is 144 Å². The van der Waals surface area contributed by atoms with Crippen molar-refractivity contribution in [1.29, 1.82) is 5.26 Å². The molecule has 0 N–H and O–H groups in total. The lowest BCUT2D eigenvalue weighted by Gasteiger charge is -2.57. The molecule has 4 bridgehead atoms. The Morgan fingerprint density at radius 1 is 0.474 bits per heavy atom. The summed E-state index contributed by atoms with van der Waals surface area (Å²) in [4.78, 5) is 15.9. The summed E-state index contributed by atoms with van der Waals surface area (Å²) in [5.41, 5.74) is 9.13. The molecule has 9 aromatic rings. The molecule has 272 valence electrons. The number of rotatable bonds is 5. The number of para-hydroxylation sites is 1. The van der Waals surface area contributed by atoms with Gasteiger partial charge in [-0.15, -0.1) is 0 Å². The molecule has 0 aliphatic heterocycles. The van der Waals surface area contributed by atoms with Gasteiger partial charge in [-0.1, -0.05) is 109 Å². The van der Waals surface area contributed by atoms with E-state index in [1.165, 1.54) is 44.1 Å². The molecule has 4 aliphatic carbocycles. The first-order chi connectivity index (χ1) is 28.1. The van der Waals surface area contributed by atoms with Gasteiger partial charge in [-0.2, -0.15) is 5.26 Å². The molecule has 0 spiro atoms. The van der Waals surface area contributed by atoms with Crippen LogP contribution in [-0.4, -0.2) is 15.0 Å². The number of hydrogen-bond acceptors (Lipinski definition) is 5. The van der Waals surface area contributed by atoms with E-state index < -0.39 is 0 Å². The van der Waals surface area contributed by atoms with Gasteiger partial charge < -0.3 is 4.42 Å². The molecule has 4 fully saturated rings. The van der Waals surface area contributed by atoms with Gasteiger partial charge in [0.25, 0.3) is 0 Å². The van der Waals surface area contributed by atoms with Gasteiger partial charge in [-0.3, -0.25) is 0 Å². The zero-order valence-electron chi connectivity index (χ0n) is 31.5. The molecule has 0 radical (unpaired) electrons. The van der Waals surface area contributed by atoms with E-state index >= 15 is 0 Å². The van der Waals surface area contributed by atoms with E-state index in [0.29, 0.717) is 28.5 Å². The van der Waals surface area contributed by atoms with Gasteiger partial charge in [0.05, 0.1) is 11.6 Å². The fourth-order valence-electron chi connectivity index (χ4n) is 11.4. The second-order valence-corrected chi connectivity index (χ2v) is 16.9. The van der Waals surface area contributed by atoms with Gasteiger partial charge in [0.2, 0.25) is 0 Å². The summed E-state index contributed by atoms with van der Waals surface area (Å²) in [6.07, 6.45) is 8.31. The highest BCUT2D eigenvalue weighted by Crippen LogP contribution is 2.60. The van der Waals surface area contributed by atoms with Gasteiger partial charge in [0, 0.05) is 27.5 Å². The first kappa shape index (κ1) is 32.6. The number of benzene rings is 7. The van der Waals surface area contributed by atoms with Crippen molar-refractivity contribution in [2.75, 3.05) is 0 Å². The molecule has 0 amide bonds. The summed E-state index contributed by atoms with van der Waals surface area (Å²) in [6.45, 7) is 0. The number of furan rings is 1. The molecule has 0 saturated heterocycles. The monoisotopic (exact) mass is 734 g/mol. The zero-order valence-corrected chi connectivity index (χ0v) is 31.5. The van der Waals surface area contributed by atoms with Crippen LogP contribution in [0.2, 0.25) is 0 Å². The van der Waals surface area contributed by atoms with Crippen molar-refractivity contribution >= 4 is 43.5 Å². The molecule has 4 aliphatic rings. The lowest BCUT2D eigenvalue weighted by molar-refractivity contribution is -0.00518. The number of fused-ring (bicyclic) bond motifs is 5. The smallest absolute Gasteiger partial charge is 0.165 e. The first-order valence-electron chi connectivity index (χ1n) is 20.3. The lowest BCUT2D eigenvalue weighted by Crippen LogP contribution is -2.48. The summed E-state index contributed by atoms with van der Waals surface area (Å²) in [6, 6.07) is 50.9. The minimum atomic E-state index is 0.319. The number of nitriles is 1. The Bertz CT molecular complexity index is 3020. The molecule has 57 heavy (non-hydrogen) atoms. The Morgan fingerprint density at radius 3 is 1.58 bits per heavy atom. The summed E-state index contributed by atoms with van der Waals surface area (Å²) in [5.74, 6) is 4.56. The van der Waals surface area contributed by atoms with Crippen LogP contribution in [0.3, 0.4) is 0 Å². The average molecular weight is 735 g/mol. The van der Waals surface area contributed by atoms with E-state index in [1.54, 1.807) is 0 Å². The molecular weight excluding hydrogens is 697 g/mol. The van der Waals surface area contributed by atoms with Crippen molar-refractivity contribution < 1.29 is 4.42 Å². The molecule has 0 unspecified atom stereocenters. The lowest BCUT2D eigenvalue weighted by atomic mass is 9.48. The topological polar surface area (TPSA) is 75.6 Å². The van der Waals surface area contributed by atoms with Crippen molar-refractivity contribution in [2.24, 2.45) is 17.8 Å². The summed E-state index contributed by atoms with van der Waals surface area (Å²) in [5, 5.41) is 16.0. The van der Waals surface area contributed by atoms with Crippen molar-refractivity contribution in [1.82, 2.24) is 15.0 Å². The van der Waals surface area contributed by atoms with E-state index in [4.69, 9.17) is 19.4 Å². The van der Waals surface area contributed by atoms with Crippen LogP contribution < -0.4 is 0 Å². The zero-order chi connectivity index (χ0) is 37.7. The van der Waals surface area contributed by atoms with Crippen LogP contribution in [0.4, 0.5) is 0 Å². The van der Waals surface area contributed by atoms with Gasteiger partial charge >= 0.3 is 0 Å². The molecule has 4 saturated carbocycles. The third-order valence-electron chi connectivity index (χ3n) is 13.5. The third kappa shape index (κ3) is 5.17. The molecule has 2 aromatic heterocycles. The Balaban J connectivity index is 1.07. The van der Waals surface area contributed by atoms with E-state index in [1.807, 2.05) is 42.5 Å². The fourth-order valence-corrected chi connectivity index (χ4v) is 11.4. The Hall–Kier alpha value is -6.64. The maximum Gasteiger partial charge on any atom is 0.165 e. The first-order valence-corrected chi connectivity index (χ1v) is 20.3. The van der Waals surface area contributed by atoms with Crippen molar-refractivity contribution in [3.8, 4) is 51.4 Å². The summed E-state index contributed by atoms with van der Waals surface area (Å²) in [7, 11) is 0. The highest BCUT2D eigenvalue weighted by Gasteiger charge is 2.51. The van der Waals surface area contributed by atoms with E-state index in [9.17, 15) is 5.26 Å². The minimum Gasteiger partial charge on any atom is -0.456 e. The van der Waals surface area contributed by atoms with Crippen LogP contribution in [0, 0.1) is 29.1 Å². The third-order valence-corrected chi connectivity index (χ3v) is 13.5. The maximum atomic E-state index is 9.54. The van der Waals surface area contributed by atoms with Crippen LogP contribution in [0.25, 0.3) is 88.8 Å². The second kappa shape index (κ2) is 12.4. The molecule has 7 aromatic carbocycles. The van der Waals surface area contributed by atoms with E-state index in [2.05, 4.69) is 103 Å². The van der Waals surface area contributed by atoms with Crippen LogP contribution >= 0.6 is 0 Å². The van der Waals surface area contributed by atoms with Crippen LogP contribution in [0.1, 0.15) is 49.7 Å². The minimum absolute atomic E-state index is 0.319. The normalized spacial score (nSPS) is 21.1. The average Bonchev–Trinajstić information content (AvgIpc) is 3.63. The van der Waals surface area contributed by atoms with Crippen molar-refractivity contribution in [3.63, 3.8) is 0 Å². The van der Waals surface area contributed by atoms with Crippen LogP contribution in [0.5, 0.6) is 0 Å². The molecule has 2 heterocycles. The van der Waals surface area contributed by atoms with Gasteiger partial charge in [0.1, 0.15) is 11.2 Å². The van der Waals surface area contributed by atoms with Crippen molar-refractivity contribution in [2.45, 2.75) is 43.9 Å².